The fraction of sp³-hybridized carbons (Fsp3) is 0.636. The zero-order valence-corrected chi connectivity index (χ0v) is 8.81. The average molecular weight is 193 g/mol. The molecule has 1 aliphatic carbocycles. The van der Waals surface area contributed by atoms with E-state index in [0.29, 0.717) is 0 Å². The molecule has 2 heterocycles. The van der Waals surface area contributed by atoms with Crippen molar-refractivity contribution in [3.8, 4) is 0 Å². The summed E-state index contributed by atoms with van der Waals surface area (Å²) in [7, 11) is 0. The number of hydrogen-bond donors (Lipinski definition) is 0. The van der Waals surface area contributed by atoms with Crippen LogP contribution in [0.1, 0.15) is 29.8 Å². The first-order valence-electron chi connectivity index (χ1n) is 5.18. The molecule has 1 fully saturated rings. The van der Waals surface area contributed by atoms with Gasteiger partial charge in [0.05, 0.1) is 0 Å². The summed E-state index contributed by atoms with van der Waals surface area (Å²) in [5.74, 6) is 0.955. The Morgan fingerprint density at radius 1 is 1.62 bits per heavy atom. The van der Waals surface area contributed by atoms with Crippen molar-refractivity contribution in [1.29, 1.82) is 0 Å². The number of hydrogen-bond acceptors (Lipinski definition) is 2. The second-order valence-corrected chi connectivity index (χ2v) is 5.21. The molecule has 1 nitrogen and oxygen atoms in total. The largest absolute Gasteiger partial charge is 0.296 e. The van der Waals surface area contributed by atoms with Gasteiger partial charge in [-0.1, -0.05) is 6.92 Å². The molecule has 13 heavy (non-hydrogen) atoms. The predicted octanol–water partition coefficient (Wildman–Crippen LogP) is 2.69. The van der Waals surface area contributed by atoms with Gasteiger partial charge < -0.3 is 0 Å². The molecule has 2 unspecified atom stereocenters. The zero-order chi connectivity index (χ0) is 8.84. The molecule has 3 rings (SSSR count). The van der Waals surface area contributed by atoms with Crippen LogP contribution in [0.4, 0.5) is 0 Å². The second-order valence-electron chi connectivity index (χ2n) is 4.21. The highest BCUT2D eigenvalue weighted by molar-refractivity contribution is 7.10. The highest BCUT2D eigenvalue weighted by Gasteiger charge is 2.37. The molecule has 1 aromatic rings. The fourth-order valence-electron chi connectivity index (χ4n) is 2.89. The van der Waals surface area contributed by atoms with Gasteiger partial charge in [0, 0.05) is 17.5 Å². The molecule has 70 valence electrons. The number of likely N-dealkylation sites (tertiary alicyclic amines) is 1. The van der Waals surface area contributed by atoms with E-state index in [0.717, 1.165) is 12.0 Å². The number of thiophene rings is 1. The van der Waals surface area contributed by atoms with Crippen LogP contribution in [0, 0.1) is 5.92 Å². The number of nitrogens with zero attached hydrogens (tertiary/aromatic N) is 1. The van der Waals surface area contributed by atoms with Crippen LogP contribution in [0.5, 0.6) is 0 Å². The Balaban J connectivity index is 2.02. The molecular weight excluding hydrogens is 178 g/mol. The van der Waals surface area contributed by atoms with E-state index in [1.165, 1.54) is 25.9 Å². The van der Waals surface area contributed by atoms with E-state index in [2.05, 4.69) is 23.3 Å². The molecule has 0 amide bonds. The van der Waals surface area contributed by atoms with Crippen LogP contribution in [0.2, 0.25) is 0 Å². The Kier molecular flexibility index (Phi) is 1.74. The van der Waals surface area contributed by atoms with Gasteiger partial charge in [0.2, 0.25) is 0 Å². The molecule has 1 aromatic heterocycles. The summed E-state index contributed by atoms with van der Waals surface area (Å²) in [6.07, 6.45) is 2.76. The SMILES string of the molecule is CCN1CC2Cc3sccc3C1C2. The van der Waals surface area contributed by atoms with Gasteiger partial charge >= 0.3 is 0 Å². The maximum Gasteiger partial charge on any atom is 0.0362 e. The molecule has 2 heteroatoms. The van der Waals surface area contributed by atoms with E-state index in [1.807, 2.05) is 11.3 Å². The molecule has 0 spiro atoms. The minimum absolute atomic E-state index is 0.769. The van der Waals surface area contributed by atoms with Gasteiger partial charge in [-0.25, -0.2) is 0 Å². The Bertz CT molecular complexity index is 318. The minimum atomic E-state index is 0.769. The lowest BCUT2D eigenvalue weighted by Gasteiger charge is -2.23. The lowest BCUT2D eigenvalue weighted by atomic mass is 9.90. The predicted molar refractivity (Wildman–Crippen MR) is 56.1 cm³/mol. The van der Waals surface area contributed by atoms with E-state index in [1.54, 1.807) is 10.4 Å². The van der Waals surface area contributed by atoms with Crippen LogP contribution >= 0.6 is 11.3 Å². The normalized spacial score (nSPS) is 32.1. The molecule has 1 saturated heterocycles. The van der Waals surface area contributed by atoms with Crippen LogP contribution in [0.25, 0.3) is 0 Å². The van der Waals surface area contributed by atoms with Gasteiger partial charge in [-0.3, -0.25) is 4.90 Å². The first-order chi connectivity index (χ1) is 6.38. The van der Waals surface area contributed by atoms with E-state index in [9.17, 15) is 0 Å². The minimum Gasteiger partial charge on any atom is -0.296 e. The van der Waals surface area contributed by atoms with Gasteiger partial charge in [-0.15, -0.1) is 11.3 Å². The summed E-state index contributed by atoms with van der Waals surface area (Å²) in [6.45, 7) is 4.84. The van der Waals surface area contributed by atoms with Gasteiger partial charge in [0.15, 0.2) is 0 Å². The third-order valence-electron chi connectivity index (χ3n) is 3.51. The van der Waals surface area contributed by atoms with Crippen molar-refractivity contribution in [2.75, 3.05) is 13.1 Å². The van der Waals surface area contributed by atoms with E-state index < -0.39 is 0 Å². The van der Waals surface area contributed by atoms with Gasteiger partial charge in [0.1, 0.15) is 0 Å². The molecule has 0 radical (unpaired) electrons. The third kappa shape index (κ3) is 1.09. The molecule has 2 bridgehead atoms. The van der Waals surface area contributed by atoms with Crippen molar-refractivity contribution < 1.29 is 0 Å². The van der Waals surface area contributed by atoms with Crippen molar-refractivity contribution in [2.45, 2.75) is 25.8 Å². The Labute approximate surface area is 83.4 Å². The molecule has 0 N–H and O–H groups in total. The van der Waals surface area contributed by atoms with Gasteiger partial charge in [-0.2, -0.15) is 0 Å². The zero-order valence-electron chi connectivity index (χ0n) is 7.99. The summed E-state index contributed by atoms with van der Waals surface area (Å²) < 4.78 is 0. The summed E-state index contributed by atoms with van der Waals surface area (Å²) in [4.78, 5) is 4.31. The highest BCUT2D eigenvalue weighted by atomic mass is 32.1. The van der Waals surface area contributed by atoms with E-state index in [4.69, 9.17) is 0 Å². The van der Waals surface area contributed by atoms with Gasteiger partial charge in [-0.05, 0) is 42.3 Å². The van der Waals surface area contributed by atoms with E-state index in [-0.39, 0.29) is 0 Å². The quantitative estimate of drug-likeness (QED) is 0.663. The molecule has 0 aromatic carbocycles. The summed E-state index contributed by atoms with van der Waals surface area (Å²) in [6, 6.07) is 3.11. The van der Waals surface area contributed by atoms with E-state index >= 15 is 0 Å². The van der Waals surface area contributed by atoms with Crippen LogP contribution in [-0.4, -0.2) is 18.0 Å². The van der Waals surface area contributed by atoms with Crippen LogP contribution in [0.15, 0.2) is 11.4 Å². The highest BCUT2D eigenvalue weighted by Crippen LogP contribution is 2.44. The van der Waals surface area contributed by atoms with Gasteiger partial charge in [0.25, 0.3) is 0 Å². The van der Waals surface area contributed by atoms with Crippen molar-refractivity contribution in [1.82, 2.24) is 4.90 Å². The monoisotopic (exact) mass is 193 g/mol. The first kappa shape index (κ1) is 8.01. The first-order valence-corrected chi connectivity index (χ1v) is 6.06. The summed E-state index contributed by atoms with van der Waals surface area (Å²) in [5, 5.41) is 2.26. The van der Waals surface area contributed by atoms with Crippen molar-refractivity contribution in [2.24, 2.45) is 5.92 Å². The summed E-state index contributed by atoms with van der Waals surface area (Å²) >= 11 is 1.96. The van der Waals surface area contributed by atoms with Crippen molar-refractivity contribution >= 4 is 11.3 Å². The summed E-state index contributed by atoms with van der Waals surface area (Å²) in [5.41, 5.74) is 1.64. The molecule has 2 atom stereocenters. The topological polar surface area (TPSA) is 3.24 Å². The van der Waals surface area contributed by atoms with Crippen LogP contribution in [-0.2, 0) is 6.42 Å². The average Bonchev–Trinajstić information content (AvgIpc) is 2.71. The lowest BCUT2D eigenvalue weighted by molar-refractivity contribution is 0.271. The van der Waals surface area contributed by atoms with Crippen LogP contribution < -0.4 is 0 Å². The molecular formula is C11H15NS. The molecule has 1 aliphatic heterocycles. The fourth-order valence-corrected chi connectivity index (χ4v) is 3.95. The standard InChI is InChI=1S/C11H15NS/c1-2-12-7-8-5-10(12)9-3-4-13-11(9)6-8/h3-4,8,10H,2,5-7H2,1H3. The Morgan fingerprint density at radius 3 is 3.38 bits per heavy atom. The smallest absolute Gasteiger partial charge is 0.0362 e. The molecule has 0 saturated carbocycles. The second kappa shape index (κ2) is 2.82. The van der Waals surface area contributed by atoms with Crippen LogP contribution in [0.3, 0.4) is 0 Å². The third-order valence-corrected chi connectivity index (χ3v) is 4.47. The van der Waals surface area contributed by atoms with Crippen molar-refractivity contribution in [3.63, 3.8) is 0 Å². The van der Waals surface area contributed by atoms with Crippen molar-refractivity contribution in [3.05, 3.63) is 21.9 Å². The number of fused-ring (bicyclic) bond motifs is 4. The Morgan fingerprint density at radius 2 is 2.54 bits per heavy atom. The lowest BCUT2D eigenvalue weighted by Crippen LogP contribution is -2.22. The number of rotatable bonds is 1. The molecule has 2 aliphatic rings. The Hall–Kier alpha value is -0.340. The maximum absolute atomic E-state index is 2.64. The maximum atomic E-state index is 2.64.